The molecule has 0 saturated heterocycles. The highest BCUT2D eigenvalue weighted by Crippen LogP contribution is 2.53. The van der Waals surface area contributed by atoms with E-state index in [4.69, 9.17) is 0 Å². The zero-order chi connectivity index (χ0) is 30.9. The van der Waals surface area contributed by atoms with Gasteiger partial charge in [0.15, 0.2) is 11.6 Å². The van der Waals surface area contributed by atoms with Crippen LogP contribution >= 0.6 is 0 Å². The maximum atomic E-state index is 15.0. The molecule has 41 heavy (non-hydrogen) atoms. The SMILES string of the molecule is CCC1=C(C)C(=O)C(CCCc2ccc(C(=O)Nc3c(C)cc(C(F)(C(C)(F)F)C(F)(F)F)cc3CC)cc2)C1=O. The molecular weight excluding hydrogens is 548 g/mol. The Kier molecular flexibility index (Phi) is 9.25. The fraction of sp³-hybridized carbons (Fsp3) is 0.452. The Morgan fingerprint density at radius 2 is 1.51 bits per heavy atom. The molecule has 0 fully saturated rings. The van der Waals surface area contributed by atoms with Crippen LogP contribution < -0.4 is 5.32 Å². The number of nitrogens with one attached hydrogen (secondary N) is 1. The first kappa shape index (κ1) is 32.1. The molecule has 2 aromatic carbocycles. The number of alkyl halides is 6. The molecule has 10 heteroatoms. The summed E-state index contributed by atoms with van der Waals surface area (Å²) in [6, 6.07) is 7.95. The van der Waals surface area contributed by atoms with Crippen LogP contribution in [0.5, 0.6) is 0 Å². The lowest BCUT2D eigenvalue weighted by molar-refractivity contribution is -0.304. The molecule has 1 aliphatic carbocycles. The lowest BCUT2D eigenvalue weighted by atomic mass is 9.86. The molecule has 0 spiro atoms. The number of aryl methyl sites for hydroxylation is 3. The summed E-state index contributed by atoms with van der Waals surface area (Å²) in [7, 11) is 0. The van der Waals surface area contributed by atoms with Gasteiger partial charge in [-0.25, -0.2) is 13.2 Å². The topological polar surface area (TPSA) is 63.2 Å². The van der Waals surface area contributed by atoms with Gasteiger partial charge in [-0.1, -0.05) is 32.0 Å². The highest BCUT2D eigenvalue weighted by molar-refractivity contribution is 6.24. The van der Waals surface area contributed by atoms with Gasteiger partial charge < -0.3 is 5.32 Å². The molecule has 0 aliphatic heterocycles. The fourth-order valence-corrected chi connectivity index (χ4v) is 5.33. The van der Waals surface area contributed by atoms with Crippen LogP contribution in [0.1, 0.15) is 79.6 Å². The van der Waals surface area contributed by atoms with Gasteiger partial charge in [-0.15, -0.1) is 0 Å². The summed E-state index contributed by atoms with van der Waals surface area (Å²) in [4.78, 5) is 37.8. The van der Waals surface area contributed by atoms with E-state index in [2.05, 4.69) is 5.32 Å². The zero-order valence-electron chi connectivity index (χ0n) is 23.6. The molecule has 222 valence electrons. The standard InChI is InChI=1S/C31H33F6NO3/c1-6-20-16-22(30(34,29(5,32)33)31(35,36)37)15-17(3)25(20)38-28(41)21-13-11-19(12-14-21)9-8-10-24-26(39)18(4)23(7-2)27(24)40/h11-16,24H,6-10H2,1-5H3,(H,38,41). The number of Topliss-reactive ketones (excluding diaryl/α,β-unsaturated/α-hetero) is 2. The Balaban J connectivity index is 1.72. The number of carbonyl (C=O) groups excluding carboxylic acids is 3. The Bertz CT molecular complexity index is 1360. The second-order valence-electron chi connectivity index (χ2n) is 10.5. The summed E-state index contributed by atoms with van der Waals surface area (Å²) in [6.07, 6.45) is -3.70. The first-order valence-corrected chi connectivity index (χ1v) is 13.4. The molecule has 0 aromatic heterocycles. The van der Waals surface area contributed by atoms with E-state index in [1.807, 2.05) is 6.92 Å². The molecule has 2 atom stereocenters. The van der Waals surface area contributed by atoms with Crippen molar-refractivity contribution in [2.45, 2.75) is 84.5 Å². The molecule has 2 unspecified atom stereocenters. The van der Waals surface area contributed by atoms with Gasteiger partial charge in [-0.05, 0) is 86.4 Å². The van der Waals surface area contributed by atoms with E-state index in [0.717, 1.165) is 11.6 Å². The van der Waals surface area contributed by atoms with Gasteiger partial charge in [0.1, 0.15) is 0 Å². The average molecular weight is 582 g/mol. The molecule has 1 N–H and O–H groups in total. The third-order valence-electron chi connectivity index (χ3n) is 7.71. The predicted octanol–water partition coefficient (Wildman–Crippen LogP) is 8.01. The lowest BCUT2D eigenvalue weighted by Crippen LogP contribution is -2.51. The quantitative estimate of drug-likeness (QED) is 0.228. The van der Waals surface area contributed by atoms with Gasteiger partial charge in [0, 0.05) is 29.3 Å². The van der Waals surface area contributed by atoms with Crippen LogP contribution in [0.3, 0.4) is 0 Å². The van der Waals surface area contributed by atoms with Crippen LogP contribution in [-0.4, -0.2) is 29.6 Å². The van der Waals surface area contributed by atoms with Gasteiger partial charge in [-0.2, -0.15) is 13.2 Å². The van der Waals surface area contributed by atoms with E-state index in [-0.39, 0.29) is 47.3 Å². The molecule has 2 aromatic rings. The van der Waals surface area contributed by atoms with Crippen molar-refractivity contribution in [1.82, 2.24) is 0 Å². The molecule has 1 amide bonds. The minimum Gasteiger partial charge on any atom is -0.321 e. The number of rotatable bonds is 10. The van der Waals surface area contributed by atoms with Gasteiger partial charge in [0.25, 0.3) is 17.5 Å². The van der Waals surface area contributed by atoms with Crippen LogP contribution in [0, 0.1) is 12.8 Å². The van der Waals surface area contributed by atoms with E-state index in [1.54, 1.807) is 38.1 Å². The summed E-state index contributed by atoms with van der Waals surface area (Å²) >= 11 is 0. The fourth-order valence-electron chi connectivity index (χ4n) is 5.33. The third-order valence-corrected chi connectivity index (χ3v) is 7.71. The Morgan fingerprint density at radius 3 is 2.00 bits per heavy atom. The van der Waals surface area contributed by atoms with E-state index < -0.39 is 35.2 Å². The van der Waals surface area contributed by atoms with Crippen molar-refractivity contribution < 1.29 is 40.7 Å². The number of hydrogen-bond donors (Lipinski definition) is 1. The predicted molar refractivity (Wildman–Crippen MR) is 144 cm³/mol. The summed E-state index contributed by atoms with van der Waals surface area (Å²) in [5, 5.41) is 2.62. The number of carbonyl (C=O) groups is 3. The minimum atomic E-state index is -5.87. The summed E-state index contributed by atoms with van der Waals surface area (Å²) < 4.78 is 83.3. The number of amides is 1. The van der Waals surface area contributed by atoms with Crippen molar-refractivity contribution in [3.8, 4) is 0 Å². The summed E-state index contributed by atoms with van der Waals surface area (Å²) in [5.41, 5.74) is -3.67. The van der Waals surface area contributed by atoms with Crippen LogP contribution in [0.2, 0.25) is 0 Å². The third kappa shape index (κ3) is 6.11. The van der Waals surface area contributed by atoms with Crippen molar-refractivity contribution >= 4 is 23.2 Å². The monoisotopic (exact) mass is 581 g/mol. The van der Waals surface area contributed by atoms with Gasteiger partial charge in [0.05, 0.1) is 5.92 Å². The van der Waals surface area contributed by atoms with E-state index in [1.165, 1.54) is 6.92 Å². The number of halogens is 6. The second-order valence-corrected chi connectivity index (χ2v) is 10.5. The minimum absolute atomic E-state index is 0.00630. The molecular formula is C31H33F6NO3. The van der Waals surface area contributed by atoms with E-state index >= 15 is 0 Å². The molecule has 1 aliphatic rings. The van der Waals surface area contributed by atoms with Crippen molar-refractivity contribution in [3.63, 3.8) is 0 Å². The van der Waals surface area contributed by atoms with Crippen molar-refractivity contribution in [2.24, 2.45) is 5.92 Å². The molecule has 0 heterocycles. The maximum absolute atomic E-state index is 15.0. The number of allylic oxidation sites excluding steroid dienone is 2. The number of benzene rings is 2. The summed E-state index contributed by atoms with van der Waals surface area (Å²) in [6.45, 7) is 6.27. The molecule has 4 nitrogen and oxygen atoms in total. The highest BCUT2D eigenvalue weighted by Gasteiger charge is 2.70. The average Bonchev–Trinajstić information content (AvgIpc) is 3.10. The Morgan fingerprint density at radius 1 is 0.902 bits per heavy atom. The van der Waals surface area contributed by atoms with Crippen LogP contribution in [-0.2, 0) is 28.1 Å². The van der Waals surface area contributed by atoms with Crippen LogP contribution in [0.4, 0.5) is 32.0 Å². The molecule has 0 saturated carbocycles. The normalized spacial score (nSPS) is 17.7. The zero-order valence-corrected chi connectivity index (χ0v) is 23.6. The Labute approximate surface area is 235 Å². The highest BCUT2D eigenvalue weighted by atomic mass is 19.4. The largest absolute Gasteiger partial charge is 0.432 e. The van der Waals surface area contributed by atoms with Crippen molar-refractivity contribution in [2.75, 3.05) is 5.32 Å². The molecule has 3 rings (SSSR count). The number of hydrogen-bond acceptors (Lipinski definition) is 3. The summed E-state index contributed by atoms with van der Waals surface area (Å²) in [5.74, 6) is -6.18. The first-order valence-electron chi connectivity index (χ1n) is 13.4. The number of ketones is 2. The molecule has 0 bridgehead atoms. The lowest BCUT2D eigenvalue weighted by Gasteiger charge is -2.34. The smallest absolute Gasteiger partial charge is 0.321 e. The van der Waals surface area contributed by atoms with Crippen LogP contribution in [0.25, 0.3) is 0 Å². The van der Waals surface area contributed by atoms with Crippen molar-refractivity contribution in [3.05, 3.63) is 75.4 Å². The number of anilines is 1. The molecule has 0 radical (unpaired) electrons. The second kappa shape index (κ2) is 11.8. The van der Waals surface area contributed by atoms with E-state index in [9.17, 15) is 40.7 Å². The van der Waals surface area contributed by atoms with Gasteiger partial charge in [-0.3, -0.25) is 14.4 Å². The van der Waals surface area contributed by atoms with Crippen LogP contribution in [0.15, 0.2) is 47.5 Å². The maximum Gasteiger partial charge on any atom is 0.432 e. The van der Waals surface area contributed by atoms with E-state index in [0.29, 0.717) is 42.9 Å². The van der Waals surface area contributed by atoms with Gasteiger partial charge in [0.2, 0.25) is 0 Å². The first-order chi connectivity index (χ1) is 19.0. The van der Waals surface area contributed by atoms with Crippen molar-refractivity contribution in [1.29, 1.82) is 0 Å². The Hall–Kier alpha value is -3.43. The van der Waals surface area contributed by atoms with Gasteiger partial charge >= 0.3 is 6.18 Å².